The molecule has 0 saturated carbocycles. The van der Waals surface area contributed by atoms with Crippen LogP contribution < -0.4 is 10.4 Å². The number of amides is 1. The average Bonchev–Trinajstić information content (AvgIpc) is 3.83. The maximum Gasteiger partial charge on any atom is 0.256 e. The average molecular weight is 747 g/mol. The molecule has 2 unspecified atom stereocenters. The number of unbranched alkanes of at least 4 members (excludes halogenated alkanes) is 5. The van der Waals surface area contributed by atoms with Crippen molar-refractivity contribution in [2.45, 2.75) is 137 Å². The van der Waals surface area contributed by atoms with Crippen molar-refractivity contribution in [3.05, 3.63) is 33.0 Å². The number of hydrogen-bond acceptors (Lipinski definition) is 4. The molecule has 0 radical (unpaired) electrons. The minimum Gasteiger partial charge on any atom is -0.334 e. The summed E-state index contributed by atoms with van der Waals surface area (Å²) in [6.07, 6.45) is 15.4. The Balaban J connectivity index is 1.54. The van der Waals surface area contributed by atoms with Gasteiger partial charge in [0, 0.05) is 42.8 Å². The predicted octanol–water partition coefficient (Wildman–Crippen LogP) is 12.0. The van der Waals surface area contributed by atoms with Gasteiger partial charge in [0.25, 0.3) is 5.91 Å². The van der Waals surface area contributed by atoms with E-state index >= 15 is 0 Å². The fourth-order valence-electron chi connectivity index (χ4n) is 8.13. The van der Waals surface area contributed by atoms with E-state index in [1.54, 1.807) is 20.1 Å². The second-order valence-electron chi connectivity index (χ2n) is 13.9. The van der Waals surface area contributed by atoms with Crippen LogP contribution in [0.2, 0.25) is 12.1 Å². The molecule has 5 heterocycles. The lowest BCUT2D eigenvalue weighted by Gasteiger charge is -2.35. The topological polar surface area (TPSA) is 20.3 Å². The molecule has 7 heteroatoms. The van der Waals surface area contributed by atoms with Crippen molar-refractivity contribution in [1.82, 2.24) is 4.90 Å². The first-order valence-electron chi connectivity index (χ1n) is 18.0. The van der Waals surface area contributed by atoms with Crippen LogP contribution in [0.25, 0.3) is 19.5 Å². The van der Waals surface area contributed by atoms with E-state index in [4.69, 9.17) is 0 Å². The Hall–Kier alpha value is -0.733. The highest BCUT2D eigenvalue weighted by Gasteiger charge is 2.50. The van der Waals surface area contributed by atoms with Crippen LogP contribution in [0.4, 0.5) is 0 Å². The lowest BCUT2D eigenvalue weighted by molar-refractivity contribution is 0.0776. The normalized spacial score (nSPS) is 18.5. The van der Waals surface area contributed by atoms with Gasteiger partial charge < -0.3 is 4.90 Å². The molecule has 2 nitrogen and oxygen atoms in total. The van der Waals surface area contributed by atoms with Crippen LogP contribution in [0.5, 0.6) is 0 Å². The van der Waals surface area contributed by atoms with Crippen molar-refractivity contribution in [2.75, 3.05) is 11.9 Å². The van der Waals surface area contributed by atoms with Gasteiger partial charge in [-0.25, -0.2) is 0 Å². The zero-order valence-electron chi connectivity index (χ0n) is 28.8. The molecule has 0 saturated heterocycles. The number of carbonyl (C=O) groups excluding carboxylic acids is 1. The number of rotatable bonds is 19. The molecule has 3 aromatic rings. The highest BCUT2D eigenvalue weighted by molar-refractivity contribution is 9.09. The van der Waals surface area contributed by atoms with Crippen LogP contribution in [0.3, 0.4) is 0 Å². The number of thiophene rings is 3. The van der Waals surface area contributed by atoms with Crippen molar-refractivity contribution < 1.29 is 4.79 Å². The second-order valence-corrected chi connectivity index (χ2v) is 22.3. The molecule has 2 aliphatic heterocycles. The first-order chi connectivity index (χ1) is 21.8. The van der Waals surface area contributed by atoms with E-state index in [-0.39, 0.29) is 5.91 Å². The fraction of sp³-hybridized carbons (Fsp3) is 0.658. The summed E-state index contributed by atoms with van der Waals surface area (Å²) in [5.41, 5.74) is 2.35. The summed E-state index contributed by atoms with van der Waals surface area (Å²) in [5.74, 6) is 1.90. The second kappa shape index (κ2) is 16.1. The molecular weight excluding hydrogens is 691 g/mol. The molecule has 0 aromatic carbocycles. The van der Waals surface area contributed by atoms with Crippen LogP contribution in [0, 0.1) is 25.7 Å². The molecule has 0 fully saturated rings. The van der Waals surface area contributed by atoms with Crippen LogP contribution >= 0.6 is 49.9 Å². The van der Waals surface area contributed by atoms with Gasteiger partial charge in [-0.1, -0.05) is 108 Å². The molecule has 248 valence electrons. The smallest absolute Gasteiger partial charge is 0.256 e. The van der Waals surface area contributed by atoms with Gasteiger partial charge in [-0.2, -0.15) is 0 Å². The highest BCUT2D eigenvalue weighted by Crippen LogP contribution is 2.50. The molecule has 5 rings (SSSR count). The fourth-order valence-corrected chi connectivity index (χ4v) is 20.1. The Morgan fingerprint density at radius 2 is 1.42 bits per heavy atom. The third-order valence-electron chi connectivity index (χ3n) is 10.8. The molecular formula is C38H56BrNOS3Si. The molecule has 2 aliphatic rings. The van der Waals surface area contributed by atoms with Crippen LogP contribution in [0.1, 0.15) is 130 Å². The van der Waals surface area contributed by atoms with Crippen LogP contribution in [-0.4, -0.2) is 30.8 Å². The number of aryl methyl sites for hydroxylation is 2. The number of carbonyl (C=O) groups is 1. The van der Waals surface area contributed by atoms with Crippen molar-refractivity contribution >= 4 is 74.3 Å². The van der Waals surface area contributed by atoms with Gasteiger partial charge in [-0.3, -0.25) is 4.79 Å². The molecule has 0 bridgehead atoms. The molecule has 0 spiro atoms. The maximum absolute atomic E-state index is 13.9. The summed E-state index contributed by atoms with van der Waals surface area (Å²) in [6.45, 7) is 15.9. The lowest BCUT2D eigenvalue weighted by atomic mass is 10.0. The Bertz CT molecular complexity index is 1420. The molecule has 1 amide bonds. The summed E-state index contributed by atoms with van der Waals surface area (Å²) >= 11 is 9.52. The van der Waals surface area contributed by atoms with E-state index in [2.05, 4.69) is 85.8 Å². The van der Waals surface area contributed by atoms with E-state index in [1.807, 2.05) is 22.7 Å². The van der Waals surface area contributed by atoms with Gasteiger partial charge >= 0.3 is 0 Å². The van der Waals surface area contributed by atoms with E-state index in [9.17, 15) is 4.79 Å². The highest BCUT2D eigenvalue weighted by atomic mass is 79.9. The van der Waals surface area contributed by atoms with E-state index in [1.165, 1.54) is 108 Å². The zero-order chi connectivity index (χ0) is 32.1. The zero-order valence-corrected chi connectivity index (χ0v) is 33.8. The van der Waals surface area contributed by atoms with E-state index in [0.717, 1.165) is 42.2 Å². The van der Waals surface area contributed by atoms with Crippen molar-refractivity contribution in [2.24, 2.45) is 11.8 Å². The van der Waals surface area contributed by atoms with Crippen molar-refractivity contribution in [3.63, 3.8) is 0 Å². The Labute approximate surface area is 295 Å². The summed E-state index contributed by atoms with van der Waals surface area (Å²) in [7, 11) is -1.98. The number of hydrogen-bond donors (Lipinski definition) is 0. The molecule has 2 atom stereocenters. The monoisotopic (exact) mass is 745 g/mol. The Morgan fingerprint density at radius 1 is 0.800 bits per heavy atom. The first kappa shape index (κ1) is 35.6. The summed E-state index contributed by atoms with van der Waals surface area (Å²) in [4.78, 5) is 24.7. The van der Waals surface area contributed by atoms with Crippen LogP contribution in [-0.2, 0) is 6.54 Å². The number of alkyl halides is 1. The number of halogens is 1. The summed E-state index contributed by atoms with van der Waals surface area (Å²) < 4.78 is 0. The third-order valence-corrected chi connectivity index (χ3v) is 20.8. The van der Waals surface area contributed by atoms with E-state index < -0.39 is 8.07 Å². The van der Waals surface area contributed by atoms with Gasteiger partial charge in [-0.05, 0) is 78.7 Å². The number of nitrogens with zero attached hydrogens (tertiary/aromatic N) is 1. The van der Waals surface area contributed by atoms with Gasteiger partial charge in [0.15, 0.2) is 0 Å². The minimum atomic E-state index is -1.98. The predicted molar refractivity (Wildman–Crippen MR) is 209 cm³/mol. The van der Waals surface area contributed by atoms with Crippen molar-refractivity contribution in [1.29, 1.82) is 0 Å². The van der Waals surface area contributed by atoms with Gasteiger partial charge in [0.1, 0.15) is 8.07 Å². The Kier molecular flexibility index (Phi) is 12.7. The Morgan fingerprint density at radius 3 is 2.04 bits per heavy atom. The van der Waals surface area contributed by atoms with Gasteiger partial charge in [-0.15, -0.1) is 34.0 Å². The maximum atomic E-state index is 13.9. The lowest BCUT2D eigenvalue weighted by Crippen LogP contribution is -2.56. The largest absolute Gasteiger partial charge is 0.334 e. The van der Waals surface area contributed by atoms with Gasteiger partial charge in [0.2, 0.25) is 0 Å². The standard InChI is InChI=1S/C38H56BrNOS3Si/c1-7-11-17-28(9-3)24-45(25-29(10-4)18-12-8-2)32-21-26(5)42-36(32)37-33(45)22-31(44-37)35-34-30(27(6)43-35)23-40(38(34)41)20-16-14-13-15-19-39/h21-22,28-29H,7-20,23-25H2,1-6H3. The molecule has 0 N–H and O–H groups in total. The third kappa shape index (κ3) is 7.33. The summed E-state index contributed by atoms with van der Waals surface area (Å²) in [6, 6.07) is 8.09. The quantitative estimate of drug-likeness (QED) is 0.0679. The number of fused-ring (bicyclic) bond motifs is 4. The molecule has 45 heavy (non-hydrogen) atoms. The minimum absolute atomic E-state index is 0.283. The van der Waals surface area contributed by atoms with Gasteiger partial charge in [0.05, 0.1) is 10.4 Å². The summed E-state index contributed by atoms with van der Waals surface area (Å²) in [5, 5.41) is 4.59. The van der Waals surface area contributed by atoms with Crippen molar-refractivity contribution in [3.8, 4) is 19.5 Å². The van der Waals surface area contributed by atoms with Crippen LogP contribution in [0.15, 0.2) is 12.1 Å². The molecule has 0 aliphatic carbocycles. The SMILES string of the molecule is CCCCC(CC)C[Si]1(CC(CC)CCCC)c2cc(C)sc2-c2sc(-c3sc(C)c4c3C(=O)N(CCCCCCBr)C4)cc21. The van der Waals surface area contributed by atoms with E-state index in [0.29, 0.717) is 0 Å². The first-order valence-corrected chi connectivity index (χ1v) is 24.0. The molecule has 3 aromatic heterocycles.